The predicted octanol–water partition coefficient (Wildman–Crippen LogP) is 1.03. The highest BCUT2D eigenvalue weighted by Gasteiger charge is 2.09. The smallest absolute Gasteiger partial charge is 0.191 e. The van der Waals surface area contributed by atoms with E-state index in [-0.39, 0.29) is 0 Å². The summed E-state index contributed by atoms with van der Waals surface area (Å²) in [6.07, 6.45) is 1.01. The summed E-state index contributed by atoms with van der Waals surface area (Å²) in [6, 6.07) is 8.52. The first-order chi connectivity index (χ1) is 10.8. The van der Waals surface area contributed by atoms with Crippen molar-refractivity contribution in [3.05, 3.63) is 35.4 Å². The fourth-order valence-electron chi connectivity index (χ4n) is 2.58. The van der Waals surface area contributed by atoms with Crippen LogP contribution in [0.3, 0.4) is 0 Å². The van der Waals surface area contributed by atoms with E-state index in [4.69, 9.17) is 4.74 Å². The third-order valence-electron chi connectivity index (χ3n) is 4.00. The highest BCUT2D eigenvalue weighted by Crippen LogP contribution is 2.06. The Balaban J connectivity index is 1.63. The van der Waals surface area contributed by atoms with Crippen molar-refractivity contribution >= 4 is 5.96 Å². The molecule has 0 unspecified atom stereocenters. The summed E-state index contributed by atoms with van der Waals surface area (Å²) in [5.74, 6) is 0.877. The SMILES string of the molecule is CN=C(NCCc1ccccc1C)NCCN1CCOCC1. The maximum atomic E-state index is 5.35. The summed E-state index contributed by atoms with van der Waals surface area (Å²) >= 11 is 0. The van der Waals surface area contributed by atoms with Gasteiger partial charge in [0.25, 0.3) is 0 Å². The molecule has 1 heterocycles. The van der Waals surface area contributed by atoms with E-state index in [9.17, 15) is 0 Å². The molecule has 5 heteroatoms. The van der Waals surface area contributed by atoms with Crippen LogP contribution in [0.2, 0.25) is 0 Å². The van der Waals surface area contributed by atoms with Gasteiger partial charge in [0.1, 0.15) is 0 Å². The highest BCUT2D eigenvalue weighted by molar-refractivity contribution is 5.79. The van der Waals surface area contributed by atoms with Crippen molar-refractivity contribution in [2.24, 2.45) is 4.99 Å². The number of guanidine groups is 1. The standard InChI is InChI=1S/C17H28N4O/c1-15-5-3-4-6-16(15)7-8-19-17(18-2)20-9-10-21-11-13-22-14-12-21/h3-6H,7-14H2,1-2H3,(H2,18,19,20). The van der Waals surface area contributed by atoms with E-state index in [1.54, 1.807) is 0 Å². The van der Waals surface area contributed by atoms with E-state index in [1.807, 2.05) is 7.05 Å². The lowest BCUT2D eigenvalue weighted by Crippen LogP contribution is -2.44. The second-order valence-corrected chi connectivity index (χ2v) is 5.56. The first-order valence-corrected chi connectivity index (χ1v) is 8.08. The number of rotatable bonds is 6. The number of ether oxygens (including phenoxy) is 1. The van der Waals surface area contributed by atoms with Crippen molar-refractivity contribution in [1.82, 2.24) is 15.5 Å². The van der Waals surface area contributed by atoms with Gasteiger partial charge in [-0.2, -0.15) is 0 Å². The molecule has 1 aromatic carbocycles. The molecule has 22 heavy (non-hydrogen) atoms. The molecule has 1 saturated heterocycles. The number of nitrogens with zero attached hydrogens (tertiary/aromatic N) is 2. The molecule has 1 aliphatic rings. The number of hydrogen-bond acceptors (Lipinski definition) is 3. The van der Waals surface area contributed by atoms with Gasteiger partial charge in [-0.25, -0.2) is 0 Å². The molecular weight excluding hydrogens is 276 g/mol. The number of aryl methyl sites for hydroxylation is 1. The number of morpholine rings is 1. The summed E-state index contributed by atoms with van der Waals surface area (Å²) in [7, 11) is 1.82. The van der Waals surface area contributed by atoms with Crippen molar-refractivity contribution in [2.45, 2.75) is 13.3 Å². The largest absolute Gasteiger partial charge is 0.379 e. The van der Waals surface area contributed by atoms with Gasteiger partial charge in [-0.05, 0) is 24.5 Å². The van der Waals surface area contributed by atoms with Crippen LogP contribution in [-0.2, 0) is 11.2 Å². The Hall–Kier alpha value is -1.59. The molecule has 1 aliphatic heterocycles. The summed E-state index contributed by atoms with van der Waals surface area (Å²) < 4.78 is 5.35. The van der Waals surface area contributed by atoms with E-state index in [1.165, 1.54) is 11.1 Å². The molecule has 1 fully saturated rings. The van der Waals surface area contributed by atoms with Gasteiger partial charge in [0.05, 0.1) is 13.2 Å². The molecule has 5 nitrogen and oxygen atoms in total. The van der Waals surface area contributed by atoms with E-state index in [2.05, 4.69) is 51.7 Å². The fourth-order valence-corrected chi connectivity index (χ4v) is 2.58. The van der Waals surface area contributed by atoms with Crippen molar-refractivity contribution in [3.63, 3.8) is 0 Å². The Morgan fingerprint density at radius 1 is 1.18 bits per heavy atom. The lowest BCUT2D eigenvalue weighted by molar-refractivity contribution is 0.0389. The molecule has 0 atom stereocenters. The van der Waals surface area contributed by atoms with Crippen molar-refractivity contribution < 1.29 is 4.74 Å². The van der Waals surface area contributed by atoms with Crippen LogP contribution in [0.5, 0.6) is 0 Å². The van der Waals surface area contributed by atoms with Crippen LogP contribution < -0.4 is 10.6 Å². The molecule has 2 N–H and O–H groups in total. The third-order valence-corrected chi connectivity index (χ3v) is 4.00. The molecule has 0 amide bonds. The molecule has 0 radical (unpaired) electrons. The molecule has 2 rings (SSSR count). The molecule has 0 bridgehead atoms. The molecule has 0 saturated carbocycles. The summed E-state index contributed by atoms with van der Waals surface area (Å²) in [6.45, 7) is 8.74. The minimum absolute atomic E-state index is 0.851. The quantitative estimate of drug-likeness (QED) is 0.609. The summed E-state index contributed by atoms with van der Waals surface area (Å²) in [5, 5.41) is 6.75. The average Bonchev–Trinajstić information content (AvgIpc) is 2.56. The fraction of sp³-hybridized carbons (Fsp3) is 0.588. The first-order valence-electron chi connectivity index (χ1n) is 8.08. The zero-order valence-corrected chi connectivity index (χ0v) is 13.8. The van der Waals surface area contributed by atoms with Crippen molar-refractivity contribution in [2.75, 3.05) is 53.0 Å². The third kappa shape index (κ3) is 5.66. The molecule has 0 aromatic heterocycles. The molecule has 122 valence electrons. The van der Waals surface area contributed by atoms with Crippen LogP contribution in [0, 0.1) is 6.92 Å². The van der Waals surface area contributed by atoms with E-state index in [0.717, 1.165) is 58.3 Å². The van der Waals surface area contributed by atoms with Crippen LogP contribution in [0.25, 0.3) is 0 Å². The maximum Gasteiger partial charge on any atom is 0.191 e. The summed E-state index contributed by atoms with van der Waals surface area (Å²) in [4.78, 5) is 6.69. The van der Waals surface area contributed by atoms with Crippen LogP contribution in [-0.4, -0.2) is 63.8 Å². The van der Waals surface area contributed by atoms with Crippen LogP contribution in [0.15, 0.2) is 29.3 Å². The van der Waals surface area contributed by atoms with Gasteiger partial charge in [0, 0.05) is 39.8 Å². The maximum absolute atomic E-state index is 5.35. The second-order valence-electron chi connectivity index (χ2n) is 5.56. The molecule has 0 spiro atoms. The van der Waals surface area contributed by atoms with Crippen LogP contribution >= 0.6 is 0 Å². The number of hydrogen-bond donors (Lipinski definition) is 2. The lowest BCUT2D eigenvalue weighted by atomic mass is 10.1. The number of benzene rings is 1. The zero-order chi connectivity index (χ0) is 15.6. The number of nitrogens with one attached hydrogen (secondary N) is 2. The molecule has 1 aromatic rings. The Kier molecular flexibility index (Phi) is 7.19. The highest BCUT2D eigenvalue weighted by atomic mass is 16.5. The van der Waals surface area contributed by atoms with Gasteiger partial charge in [-0.15, -0.1) is 0 Å². The number of aliphatic imine (C=N–C) groups is 1. The normalized spacial score (nSPS) is 16.5. The second kappa shape index (κ2) is 9.43. The minimum atomic E-state index is 0.851. The Morgan fingerprint density at radius 3 is 2.64 bits per heavy atom. The Morgan fingerprint density at radius 2 is 1.91 bits per heavy atom. The molecule has 0 aliphatic carbocycles. The van der Waals surface area contributed by atoms with Gasteiger partial charge in [0.2, 0.25) is 0 Å². The van der Waals surface area contributed by atoms with Gasteiger partial charge < -0.3 is 15.4 Å². The van der Waals surface area contributed by atoms with Crippen molar-refractivity contribution in [1.29, 1.82) is 0 Å². The van der Waals surface area contributed by atoms with E-state index >= 15 is 0 Å². The van der Waals surface area contributed by atoms with Gasteiger partial charge in [0.15, 0.2) is 5.96 Å². The van der Waals surface area contributed by atoms with Gasteiger partial charge >= 0.3 is 0 Å². The minimum Gasteiger partial charge on any atom is -0.379 e. The van der Waals surface area contributed by atoms with Crippen LogP contribution in [0.1, 0.15) is 11.1 Å². The summed E-state index contributed by atoms with van der Waals surface area (Å²) in [5.41, 5.74) is 2.73. The Bertz CT molecular complexity index is 469. The topological polar surface area (TPSA) is 48.9 Å². The molecular formula is C17H28N4O. The first kappa shape index (κ1) is 16.8. The predicted molar refractivity (Wildman–Crippen MR) is 91.5 cm³/mol. The zero-order valence-electron chi connectivity index (χ0n) is 13.8. The van der Waals surface area contributed by atoms with Crippen molar-refractivity contribution in [3.8, 4) is 0 Å². The van der Waals surface area contributed by atoms with E-state index < -0.39 is 0 Å². The average molecular weight is 304 g/mol. The van der Waals surface area contributed by atoms with Gasteiger partial charge in [-0.3, -0.25) is 9.89 Å². The Labute approximate surface area is 133 Å². The van der Waals surface area contributed by atoms with E-state index in [0.29, 0.717) is 0 Å². The van der Waals surface area contributed by atoms with Gasteiger partial charge in [-0.1, -0.05) is 24.3 Å². The van der Waals surface area contributed by atoms with Crippen LogP contribution in [0.4, 0.5) is 0 Å². The monoisotopic (exact) mass is 304 g/mol. The lowest BCUT2D eigenvalue weighted by Gasteiger charge is -2.26.